The third-order valence-corrected chi connectivity index (χ3v) is 3.45. The first-order valence-corrected chi connectivity index (χ1v) is 6.47. The largest absolute Gasteiger partial charge is 4.00 e. The average Bonchev–Trinajstić information content (AvgIpc) is 2.87. The Hall–Kier alpha value is -0.586. The molecule has 110 valence electrons. The summed E-state index contributed by atoms with van der Waals surface area (Å²) in [6, 6.07) is 10.8. The van der Waals surface area contributed by atoms with Crippen molar-refractivity contribution in [2.45, 2.75) is 47.5 Å². The molecule has 2 aromatic rings. The first-order valence-electron chi connectivity index (χ1n) is 6.47. The number of hydrogen-bond acceptors (Lipinski definition) is 0. The molecule has 0 atom stereocenters. The zero-order chi connectivity index (χ0) is 12.8. The molecule has 0 radical (unpaired) electrons. The predicted octanol–water partition coefficient (Wildman–Crippen LogP) is 5.90. The van der Waals surface area contributed by atoms with Gasteiger partial charge in [0.15, 0.2) is 0 Å². The Morgan fingerprint density at radius 1 is 1.00 bits per heavy atom. The predicted molar refractivity (Wildman–Crippen MR) is 89.8 cm³/mol. The number of hydrogen-bond donors (Lipinski definition) is 0. The van der Waals surface area contributed by atoms with E-state index in [4.69, 9.17) is 0 Å². The van der Waals surface area contributed by atoms with Crippen molar-refractivity contribution in [1.82, 2.24) is 0 Å². The van der Waals surface area contributed by atoms with E-state index in [2.05, 4.69) is 65.0 Å². The molecule has 0 nitrogen and oxygen atoms in total. The molecule has 0 aliphatic heterocycles. The van der Waals surface area contributed by atoms with Crippen LogP contribution in [0.3, 0.4) is 0 Å². The van der Waals surface area contributed by atoms with E-state index in [9.17, 15) is 0 Å². The van der Waals surface area contributed by atoms with E-state index < -0.39 is 0 Å². The molecule has 0 amide bonds. The molecule has 20 heavy (non-hydrogen) atoms. The topological polar surface area (TPSA) is 0 Å². The molecule has 2 aromatic carbocycles. The van der Waals surface area contributed by atoms with Crippen LogP contribution in [-0.4, -0.2) is 0 Å². The van der Waals surface area contributed by atoms with Gasteiger partial charge < -0.3 is 14.9 Å². The van der Waals surface area contributed by atoms with Gasteiger partial charge in [0.05, 0.1) is 0 Å². The van der Waals surface area contributed by atoms with Crippen LogP contribution in [-0.2, 0) is 28.1 Å². The quantitative estimate of drug-likeness (QED) is 0.479. The molecular weight excluding hydrogens is 276 g/mol. The second kappa shape index (κ2) is 12.2. The minimum absolute atomic E-state index is 0. The molecule has 0 N–H and O–H groups in total. The molecule has 0 unspecified atom stereocenters. The SMILES string of the molecule is CCC[c-]1cccc1.Cc1c[c-](C)c(C)c1C.[CH3-].[CH3-].[Ti+4]. The summed E-state index contributed by atoms with van der Waals surface area (Å²) in [6.45, 7) is 10.9. The molecule has 0 spiro atoms. The van der Waals surface area contributed by atoms with Gasteiger partial charge in [-0.25, -0.2) is 12.1 Å². The van der Waals surface area contributed by atoms with Crippen molar-refractivity contribution in [2.75, 3.05) is 0 Å². The van der Waals surface area contributed by atoms with Gasteiger partial charge >= 0.3 is 21.7 Å². The smallest absolute Gasteiger partial charge is 0.358 e. The Kier molecular flexibility index (Phi) is 14.9. The molecular formula is C19H30Ti. The minimum Gasteiger partial charge on any atom is -0.358 e. The molecule has 0 aliphatic rings. The van der Waals surface area contributed by atoms with Gasteiger partial charge in [-0.05, 0) is 0 Å². The van der Waals surface area contributed by atoms with Crippen molar-refractivity contribution in [2.24, 2.45) is 0 Å². The summed E-state index contributed by atoms with van der Waals surface area (Å²) in [4.78, 5) is 0. The average molecular weight is 306 g/mol. The maximum absolute atomic E-state index is 2.24. The van der Waals surface area contributed by atoms with Crippen LogP contribution in [0.25, 0.3) is 0 Å². The van der Waals surface area contributed by atoms with Gasteiger partial charge in [0.2, 0.25) is 0 Å². The Balaban J connectivity index is -0.000000252. The Labute approximate surface area is 142 Å². The van der Waals surface area contributed by atoms with E-state index in [0.29, 0.717) is 0 Å². The van der Waals surface area contributed by atoms with Crippen molar-refractivity contribution < 1.29 is 21.7 Å². The molecule has 1 heteroatoms. The Morgan fingerprint density at radius 3 is 1.75 bits per heavy atom. The van der Waals surface area contributed by atoms with Crippen LogP contribution >= 0.6 is 0 Å². The van der Waals surface area contributed by atoms with Crippen LogP contribution in [0, 0.1) is 42.5 Å². The first-order chi connectivity index (χ1) is 8.06. The van der Waals surface area contributed by atoms with Gasteiger partial charge in [0, 0.05) is 0 Å². The fraction of sp³-hybridized carbons (Fsp3) is 0.368. The third kappa shape index (κ3) is 7.26. The Morgan fingerprint density at radius 2 is 1.50 bits per heavy atom. The van der Waals surface area contributed by atoms with E-state index >= 15 is 0 Å². The molecule has 2 rings (SSSR count). The van der Waals surface area contributed by atoms with E-state index in [1.54, 1.807) is 0 Å². The zero-order valence-electron chi connectivity index (χ0n) is 14.3. The zero-order valence-corrected chi connectivity index (χ0v) is 15.9. The van der Waals surface area contributed by atoms with Gasteiger partial charge in [0.1, 0.15) is 0 Å². The second-order valence-electron chi connectivity index (χ2n) is 4.80. The Bertz CT molecular complexity index is 410. The molecule has 0 saturated heterocycles. The molecule has 0 aromatic heterocycles. The maximum Gasteiger partial charge on any atom is 4.00 e. The summed E-state index contributed by atoms with van der Waals surface area (Å²) < 4.78 is 0. The molecule has 0 saturated carbocycles. The van der Waals surface area contributed by atoms with E-state index in [-0.39, 0.29) is 36.6 Å². The summed E-state index contributed by atoms with van der Waals surface area (Å²) in [5.74, 6) is 0. The van der Waals surface area contributed by atoms with E-state index in [1.807, 2.05) is 0 Å². The normalized spacial score (nSPS) is 8.45. The van der Waals surface area contributed by atoms with Crippen LogP contribution in [0.15, 0.2) is 30.3 Å². The van der Waals surface area contributed by atoms with E-state index in [0.717, 1.165) is 0 Å². The van der Waals surface area contributed by atoms with Crippen LogP contribution in [0.2, 0.25) is 0 Å². The van der Waals surface area contributed by atoms with Gasteiger partial charge in [-0.1, -0.05) is 47.5 Å². The summed E-state index contributed by atoms with van der Waals surface area (Å²) >= 11 is 0. The summed E-state index contributed by atoms with van der Waals surface area (Å²) in [7, 11) is 0. The van der Waals surface area contributed by atoms with Gasteiger partial charge in [-0.3, -0.25) is 0 Å². The van der Waals surface area contributed by atoms with Crippen molar-refractivity contribution >= 4 is 0 Å². The van der Waals surface area contributed by atoms with E-state index in [1.165, 1.54) is 40.7 Å². The monoisotopic (exact) mass is 306 g/mol. The van der Waals surface area contributed by atoms with Gasteiger partial charge in [-0.15, -0.1) is 0 Å². The third-order valence-electron chi connectivity index (χ3n) is 3.45. The van der Waals surface area contributed by atoms with Crippen LogP contribution in [0.5, 0.6) is 0 Å². The fourth-order valence-corrected chi connectivity index (χ4v) is 2.00. The standard InChI is InChI=1S/C9H13.C8H11.2CH3.Ti/c1-6-5-7(2)9(4)8(6)3;1-2-5-8-6-3-4-7-8;;;/h5H,1-4H3;3-4,6-7H,2,5H2,1H3;2*1H3;/q4*-1;+4. The van der Waals surface area contributed by atoms with Gasteiger partial charge in [-0.2, -0.15) is 46.0 Å². The van der Waals surface area contributed by atoms with Crippen LogP contribution < -0.4 is 0 Å². The van der Waals surface area contributed by atoms with Crippen LogP contribution in [0.1, 0.15) is 41.2 Å². The maximum atomic E-state index is 2.24. The minimum atomic E-state index is 0. The summed E-state index contributed by atoms with van der Waals surface area (Å²) in [6.07, 6.45) is 2.48. The second-order valence-corrected chi connectivity index (χ2v) is 4.80. The molecule has 0 fully saturated rings. The molecule has 0 aliphatic carbocycles. The van der Waals surface area contributed by atoms with Crippen molar-refractivity contribution in [3.63, 3.8) is 0 Å². The van der Waals surface area contributed by atoms with Crippen LogP contribution in [0.4, 0.5) is 0 Å². The number of rotatable bonds is 2. The van der Waals surface area contributed by atoms with Crippen molar-refractivity contribution in [3.05, 3.63) is 73.0 Å². The van der Waals surface area contributed by atoms with Crippen molar-refractivity contribution in [3.8, 4) is 0 Å². The first kappa shape index (κ1) is 24.4. The fourth-order valence-electron chi connectivity index (χ4n) is 2.00. The number of aryl methyl sites for hydroxylation is 3. The van der Waals surface area contributed by atoms with Gasteiger partial charge in [0.25, 0.3) is 0 Å². The summed E-state index contributed by atoms with van der Waals surface area (Å²) in [5, 5.41) is 0. The van der Waals surface area contributed by atoms with Crippen molar-refractivity contribution in [1.29, 1.82) is 0 Å². The molecule has 0 bridgehead atoms. The summed E-state index contributed by atoms with van der Waals surface area (Å²) in [5.41, 5.74) is 7.21. The molecule has 0 heterocycles.